The first kappa shape index (κ1) is 18.6. The van der Waals surface area contributed by atoms with E-state index in [-0.39, 0.29) is 17.7 Å². The van der Waals surface area contributed by atoms with Crippen molar-refractivity contribution in [2.45, 2.75) is 44.4 Å². The van der Waals surface area contributed by atoms with Gasteiger partial charge in [-0.2, -0.15) is 0 Å². The van der Waals surface area contributed by atoms with Gasteiger partial charge in [-0.1, -0.05) is 29.3 Å². The molecular formula is C19H22BrN3O4. The Kier molecular flexibility index (Phi) is 4.40. The van der Waals surface area contributed by atoms with Crippen molar-refractivity contribution in [1.82, 2.24) is 10.2 Å². The Balaban J connectivity index is 1.86. The van der Waals surface area contributed by atoms with Crippen LogP contribution in [0.2, 0.25) is 0 Å². The van der Waals surface area contributed by atoms with Crippen LogP contribution in [0.5, 0.6) is 0 Å². The minimum Gasteiger partial charge on any atom is -0.392 e. The number of hydrogen-bond acceptors (Lipinski definition) is 5. The molecular weight excluding hydrogens is 414 g/mol. The molecule has 8 heteroatoms. The normalized spacial score (nSPS) is 32.8. The van der Waals surface area contributed by atoms with Gasteiger partial charge in [0.1, 0.15) is 5.54 Å². The fraction of sp³-hybridized carbons (Fsp3) is 0.526. The van der Waals surface area contributed by atoms with Crippen molar-refractivity contribution < 1.29 is 19.5 Å². The maximum Gasteiger partial charge on any atom is 0.250 e. The summed E-state index contributed by atoms with van der Waals surface area (Å²) < 4.78 is 0.774. The molecule has 144 valence electrons. The van der Waals surface area contributed by atoms with Gasteiger partial charge in [0, 0.05) is 28.3 Å². The van der Waals surface area contributed by atoms with Crippen molar-refractivity contribution in [3.05, 3.63) is 28.2 Å². The van der Waals surface area contributed by atoms with E-state index in [4.69, 9.17) is 0 Å². The average molecular weight is 436 g/mol. The molecule has 0 saturated carbocycles. The van der Waals surface area contributed by atoms with Crippen molar-refractivity contribution in [3.8, 4) is 0 Å². The van der Waals surface area contributed by atoms with Crippen LogP contribution in [0.3, 0.4) is 0 Å². The maximum absolute atomic E-state index is 13.3. The largest absolute Gasteiger partial charge is 0.392 e. The molecule has 0 aromatic heterocycles. The number of amides is 3. The molecule has 4 rings (SSSR count). The monoisotopic (exact) mass is 435 g/mol. The first-order valence-electron chi connectivity index (χ1n) is 9.25. The van der Waals surface area contributed by atoms with Crippen molar-refractivity contribution >= 4 is 39.3 Å². The molecule has 5 unspecified atom stereocenters. The molecule has 3 amide bonds. The number of fused-ring (bicyclic) bond motifs is 4. The van der Waals surface area contributed by atoms with Crippen LogP contribution in [0.25, 0.3) is 0 Å². The quantitative estimate of drug-likeness (QED) is 0.619. The van der Waals surface area contributed by atoms with Crippen LogP contribution >= 0.6 is 15.9 Å². The van der Waals surface area contributed by atoms with Crippen LogP contribution in [-0.4, -0.2) is 46.4 Å². The van der Waals surface area contributed by atoms with Gasteiger partial charge in [0.05, 0.1) is 17.9 Å². The van der Waals surface area contributed by atoms with E-state index in [0.717, 1.165) is 10.9 Å². The molecule has 7 nitrogen and oxygen atoms in total. The molecule has 3 aliphatic rings. The Morgan fingerprint density at radius 1 is 1.30 bits per heavy atom. The van der Waals surface area contributed by atoms with Gasteiger partial charge >= 0.3 is 0 Å². The SMILES string of the molecule is CCCCN1C(=O)C2C(C(C)O)NC3(C(=O)Nc4ccc(Br)cc43)C2C1=O. The summed E-state index contributed by atoms with van der Waals surface area (Å²) in [6.07, 6.45) is 0.681. The van der Waals surface area contributed by atoms with Crippen molar-refractivity contribution in [2.75, 3.05) is 11.9 Å². The number of hydrogen-bond donors (Lipinski definition) is 3. The van der Waals surface area contributed by atoms with Gasteiger partial charge < -0.3 is 10.4 Å². The van der Waals surface area contributed by atoms with E-state index in [2.05, 4.69) is 26.6 Å². The van der Waals surface area contributed by atoms with Crippen LogP contribution in [-0.2, 0) is 19.9 Å². The Hall–Kier alpha value is -1.77. The van der Waals surface area contributed by atoms with E-state index in [1.54, 1.807) is 19.1 Å². The van der Waals surface area contributed by atoms with Crippen molar-refractivity contribution in [2.24, 2.45) is 11.8 Å². The highest BCUT2D eigenvalue weighted by molar-refractivity contribution is 9.10. The summed E-state index contributed by atoms with van der Waals surface area (Å²) in [7, 11) is 0. The molecule has 0 aliphatic carbocycles. The van der Waals surface area contributed by atoms with Crippen LogP contribution in [0.1, 0.15) is 32.3 Å². The lowest BCUT2D eigenvalue weighted by Gasteiger charge is -2.30. The highest BCUT2D eigenvalue weighted by Gasteiger charge is 2.70. The number of benzene rings is 1. The second-order valence-electron chi connectivity index (χ2n) is 7.55. The van der Waals surface area contributed by atoms with Crippen LogP contribution in [0.4, 0.5) is 5.69 Å². The average Bonchev–Trinajstić information content (AvgIpc) is 3.20. The molecule has 3 aliphatic heterocycles. The van der Waals surface area contributed by atoms with Gasteiger partial charge in [-0.15, -0.1) is 0 Å². The van der Waals surface area contributed by atoms with E-state index in [1.165, 1.54) is 4.90 Å². The first-order chi connectivity index (χ1) is 12.8. The highest BCUT2D eigenvalue weighted by Crippen LogP contribution is 2.53. The van der Waals surface area contributed by atoms with Gasteiger partial charge in [0.25, 0.3) is 0 Å². The van der Waals surface area contributed by atoms with Crippen LogP contribution in [0.15, 0.2) is 22.7 Å². The molecule has 1 aromatic carbocycles. The molecule has 0 radical (unpaired) electrons. The fourth-order valence-corrected chi connectivity index (χ4v) is 5.08. The molecule has 3 heterocycles. The zero-order valence-electron chi connectivity index (χ0n) is 15.2. The lowest BCUT2D eigenvalue weighted by molar-refractivity contribution is -0.143. The Morgan fingerprint density at radius 2 is 2.04 bits per heavy atom. The summed E-state index contributed by atoms with van der Waals surface area (Å²) in [5.41, 5.74) is -0.0921. The minimum atomic E-state index is -1.35. The number of aliphatic hydroxyl groups is 1. The number of unbranched alkanes of at least 4 members (excludes halogenated alkanes) is 1. The number of imide groups is 1. The van der Waals surface area contributed by atoms with Crippen molar-refractivity contribution in [3.63, 3.8) is 0 Å². The summed E-state index contributed by atoms with van der Waals surface area (Å²) in [6, 6.07) is 4.71. The fourth-order valence-electron chi connectivity index (χ4n) is 4.71. The van der Waals surface area contributed by atoms with Crippen LogP contribution < -0.4 is 10.6 Å². The van der Waals surface area contributed by atoms with E-state index >= 15 is 0 Å². The van der Waals surface area contributed by atoms with Gasteiger partial charge in [-0.3, -0.25) is 24.6 Å². The van der Waals surface area contributed by atoms with E-state index in [0.29, 0.717) is 24.2 Å². The number of aliphatic hydroxyl groups excluding tert-OH is 1. The third kappa shape index (κ3) is 2.43. The lowest BCUT2D eigenvalue weighted by Crippen LogP contribution is -2.54. The van der Waals surface area contributed by atoms with Crippen LogP contribution in [0, 0.1) is 11.8 Å². The number of carbonyl (C=O) groups is 3. The second kappa shape index (κ2) is 6.39. The highest BCUT2D eigenvalue weighted by atomic mass is 79.9. The number of halogens is 1. The number of anilines is 1. The minimum absolute atomic E-state index is 0.301. The molecule has 2 fully saturated rings. The Bertz CT molecular complexity index is 842. The Morgan fingerprint density at radius 3 is 2.70 bits per heavy atom. The topological polar surface area (TPSA) is 98.7 Å². The number of likely N-dealkylation sites (tertiary alicyclic amines) is 1. The maximum atomic E-state index is 13.3. The van der Waals surface area contributed by atoms with Crippen molar-refractivity contribution in [1.29, 1.82) is 0 Å². The third-order valence-corrected chi connectivity index (χ3v) is 6.45. The molecule has 1 spiro atoms. The van der Waals surface area contributed by atoms with E-state index in [9.17, 15) is 19.5 Å². The summed E-state index contributed by atoms with van der Waals surface area (Å²) in [5.74, 6) is -2.61. The molecule has 1 aromatic rings. The first-order valence-corrected chi connectivity index (χ1v) is 10.0. The summed E-state index contributed by atoms with van der Waals surface area (Å²) in [4.78, 5) is 40.7. The number of nitrogens with one attached hydrogen (secondary N) is 2. The lowest BCUT2D eigenvalue weighted by atomic mass is 9.76. The predicted molar refractivity (Wildman–Crippen MR) is 102 cm³/mol. The standard InChI is InChI=1S/C19H22BrN3O4/c1-3-4-7-23-16(25)13-14(17(23)26)19(22-15(13)9(2)24)11-8-10(20)5-6-12(11)21-18(19)27/h5-6,8-9,13-15,22,24H,3-4,7H2,1-2H3,(H,21,27). The third-order valence-electron chi connectivity index (χ3n) is 5.96. The van der Waals surface area contributed by atoms with E-state index < -0.39 is 29.5 Å². The number of rotatable bonds is 4. The molecule has 5 atom stereocenters. The second-order valence-corrected chi connectivity index (χ2v) is 8.46. The zero-order chi connectivity index (χ0) is 19.5. The van der Waals surface area contributed by atoms with Gasteiger partial charge in [-0.25, -0.2) is 0 Å². The van der Waals surface area contributed by atoms with Gasteiger partial charge in [-0.05, 0) is 31.5 Å². The smallest absolute Gasteiger partial charge is 0.250 e. The summed E-state index contributed by atoms with van der Waals surface area (Å²) in [6.45, 7) is 3.91. The summed E-state index contributed by atoms with van der Waals surface area (Å²) in [5, 5.41) is 16.3. The molecule has 0 bridgehead atoms. The summed E-state index contributed by atoms with van der Waals surface area (Å²) >= 11 is 3.43. The number of nitrogens with zero attached hydrogens (tertiary/aromatic N) is 1. The Labute approximate surface area is 165 Å². The number of carbonyl (C=O) groups excluding carboxylic acids is 3. The molecule has 3 N–H and O–H groups in total. The van der Waals surface area contributed by atoms with Gasteiger partial charge in [0.15, 0.2) is 0 Å². The molecule has 2 saturated heterocycles. The zero-order valence-corrected chi connectivity index (χ0v) is 16.7. The van der Waals surface area contributed by atoms with Gasteiger partial charge in [0.2, 0.25) is 17.7 Å². The predicted octanol–water partition coefficient (Wildman–Crippen LogP) is 1.35. The molecule has 27 heavy (non-hydrogen) atoms. The van der Waals surface area contributed by atoms with E-state index in [1.807, 2.05) is 13.0 Å².